The zero-order valence-corrected chi connectivity index (χ0v) is 14.2. The Labute approximate surface area is 137 Å². The standard InChI is InChI=1S/C16H23NO4.ClH/c1-10(2)21-15-8-11(5-6-14(15)19-3)12-7-13(17-9-12)16(18)20-4;/h5-6,8,10,12-13,17H,7,9H2,1-4H3;1H/t12-,13-;/m1./s1. The van der Waals surface area contributed by atoms with Crippen LogP contribution in [0.25, 0.3) is 0 Å². The van der Waals surface area contributed by atoms with E-state index in [0.717, 1.165) is 30.0 Å². The van der Waals surface area contributed by atoms with Crippen LogP contribution in [-0.4, -0.2) is 38.9 Å². The Balaban J connectivity index is 0.00000242. The number of hydrogen-bond donors (Lipinski definition) is 1. The zero-order valence-electron chi connectivity index (χ0n) is 13.4. The summed E-state index contributed by atoms with van der Waals surface area (Å²) in [4.78, 5) is 11.6. The Morgan fingerprint density at radius 1 is 1.27 bits per heavy atom. The Bertz CT molecular complexity index is 507. The van der Waals surface area contributed by atoms with Gasteiger partial charge in [0.15, 0.2) is 11.5 Å². The number of methoxy groups -OCH3 is 2. The van der Waals surface area contributed by atoms with E-state index >= 15 is 0 Å². The Kier molecular flexibility index (Phi) is 6.97. The van der Waals surface area contributed by atoms with E-state index in [9.17, 15) is 4.79 Å². The van der Waals surface area contributed by atoms with Gasteiger partial charge in [0.25, 0.3) is 0 Å². The number of carbonyl (C=O) groups excluding carboxylic acids is 1. The van der Waals surface area contributed by atoms with E-state index in [1.54, 1.807) is 7.11 Å². The largest absolute Gasteiger partial charge is 0.493 e. The summed E-state index contributed by atoms with van der Waals surface area (Å²) >= 11 is 0. The monoisotopic (exact) mass is 329 g/mol. The van der Waals surface area contributed by atoms with Crippen LogP contribution in [0, 0.1) is 0 Å². The van der Waals surface area contributed by atoms with E-state index in [1.807, 2.05) is 32.0 Å². The highest BCUT2D eigenvalue weighted by molar-refractivity contribution is 5.85. The van der Waals surface area contributed by atoms with Gasteiger partial charge in [-0.3, -0.25) is 4.79 Å². The van der Waals surface area contributed by atoms with Crippen molar-refractivity contribution in [1.29, 1.82) is 0 Å². The molecule has 1 aromatic rings. The van der Waals surface area contributed by atoms with Crippen molar-refractivity contribution in [2.45, 2.75) is 38.3 Å². The van der Waals surface area contributed by atoms with Crippen LogP contribution in [-0.2, 0) is 9.53 Å². The van der Waals surface area contributed by atoms with E-state index in [4.69, 9.17) is 14.2 Å². The van der Waals surface area contributed by atoms with Gasteiger partial charge in [-0.1, -0.05) is 6.07 Å². The molecule has 0 aromatic heterocycles. The van der Waals surface area contributed by atoms with Crippen molar-refractivity contribution >= 4 is 18.4 Å². The lowest BCUT2D eigenvalue weighted by Gasteiger charge is -2.17. The molecule has 0 aliphatic carbocycles. The van der Waals surface area contributed by atoms with Gasteiger partial charge in [-0.05, 0) is 43.9 Å². The van der Waals surface area contributed by atoms with Gasteiger partial charge in [0.1, 0.15) is 6.04 Å². The smallest absolute Gasteiger partial charge is 0.322 e. The summed E-state index contributed by atoms with van der Waals surface area (Å²) in [7, 11) is 3.05. The van der Waals surface area contributed by atoms with E-state index in [0.29, 0.717) is 0 Å². The molecule has 6 heteroatoms. The number of carbonyl (C=O) groups is 1. The molecule has 1 aromatic carbocycles. The quantitative estimate of drug-likeness (QED) is 0.841. The fourth-order valence-electron chi connectivity index (χ4n) is 2.60. The van der Waals surface area contributed by atoms with Crippen LogP contribution in [0.15, 0.2) is 18.2 Å². The van der Waals surface area contributed by atoms with Crippen molar-refractivity contribution in [3.8, 4) is 11.5 Å². The predicted octanol–water partition coefficient (Wildman–Crippen LogP) is 2.52. The molecule has 0 spiro atoms. The van der Waals surface area contributed by atoms with Crippen LogP contribution >= 0.6 is 12.4 Å². The van der Waals surface area contributed by atoms with Gasteiger partial charge in [-0.25, -0.2) is 0 Å². The third-order valence-electron chi connectivity index (χ3n) is 3.64. The lowest BCUT2D eigenvalue weighted by Crippen LogP contribution is -2.31. The minimum Gasteiger partial charge on any atom is -0.493 e. The van der Waals surface area contributed by atoms with Gasteiger partial charge in [0.05, 0.1) is 20.3 Å². The van der Waals surface area contributed by atoms with Crippen LogP contribution in [0.4, 0.5) is 0 Å². The van der Waals surface area contributed by atoms with Crippen LogP contribution < -0.4 is 14.8 Å². The molecule has 124 valence electrons. The lowest BCUT2D eigenvalue weighted by molar-refractivity contribution is -0.142. The minimum atomic E-state index is -0.225. The number of ether oxygens (including phenoxy) is 3. The Hall–Kier alpha value is -1.46. The first-order valence-corrected chi connectivity index (χ1v) is 7.21. The van der Waals surface area contributed by atoms with Crippen molar-refractivity contribution in [2.24, 2.45) is 0 Å². The summed E-state index contributed by atoms with van der Waals surface area (Å²) in [5.74, 6) is 1.54. The van der Waals surface area contributed by atoms with Gasteiger partial charge in [0, 0.05) is 6.54 Å². The first-order valence-electron chi connectivity index (χ1n) is 7.21. The molecule has 0 saturated carbocycles. The SMILES string of the molecule is COC(=O)[C@H]1C[C@@H](c2ccc(OC)c(OC(C)C)c2)CN1.Cl. The molecule has 0 unspecified atom stereocenters. The van der Waals surface area contributed by atoms with Gasteiger partial charge in [-0.15, -0.1) is 12.4 Å². The first-order chi connectivity index (χ1) is 10.0. The summed E-state index contributed by atoms with van der Waals surface area (Å²) in [6, 6.07) is 5.72. The number of esters is 1. The molecular weight excluding hydrogens is 306 g/mol. The highest BCUT2D eigenvalue weighted by Gasteiger charge is 2.31. The summed E-state index contributed by atoms with van der Waals surface area (Å²) < 4.78 is 15.9. The zero-order chi connectivity index (χ0) is 15.4. The molecule has 0 amide bonds. The van der Waals surface area contributed by atoms with E-state index in [1.165, 1.54) is 7.11 Å². The molecule has 5 nitrogen and oxygen atoms in total. The van der Waals surface area contributed by atoms with Crippen molar-refractivity contribution in [2.75, 3.05) is 20.8 Å². The van der Waals surface area contributed by atoms with Crippen molar-refractivity contribution < 1.29 is 19.0 Å². The average Bonchev–Trinajstić information content (AvgIpc) is 2.95. The van der Waals surface area contributed by atoms with Crippen molar-refractivity contribution in [3.05, 3.63) is 23.8 Å². The number of hydrogen-bond acceptors (Lipinski definition) is 5. The maximum Gasteiger partial charge on any atom is 0.322 e. The van der Waals surface area contributed by atoms with Crippen molar-refractivity contribution in [3.63, 3.8) is 0 Å². The van der Waals surface area contributed by atoms with Gasteiger partial charge in [0.2, 0.25) is 0 Å². The normalized spacial score (nSPS) is 20.4. The highest BCUT2D eigenvalue weighted by Crippen LogP contribution is 2.34. The number of benzene rings is 1. The van der Waals surface area contributed by atoms with Crippen LogP contribution in [0.2, 0.25) is 0 Å². The molecule has 0 radical (unpaired) electrons. The Morgan fingerprint density at radius 3 is 2.59 bits per heavy atom. The number of rotatable bonds is 5. The molecular formula is C16H24ClNO4. The number of nitrogens with one attached hydrogen (secondary N) is 1. The third kappa shape index (κ3) is 4.27. The maximum absolute atomic E-state index is 11.6. The summed E-state index contributed by atoms with van der Waals surface area (Å²) in [5.41, 5.74) is 1.14. The van der Waals surface area contributed by atoms with E-state index in [2.05, 4.69) is 5.32 Å². The molecule has 22 heavy (non-hydrogen) atoms. The summed E-state index contributed by atoms with van der Waals surface area (Å²) in [6.45, 7) is 4.72. The maximum atomic E-state index is 11.6. The number of halogens is 1. The Morgan fingerprint density at radius 2 is 2.00 bits per heavy atom. The molecule has 1 N–H and O–H groups in total. The van der Waals surface area contributed by atoms with Gasteiger partial charge >= 0.3 is 5.97 Å². The second-order valence-electron chi connectivity index (χ2n) is 5.49. The molecule has 1 heterocycles. The highest BCUT2D eigenvalue weighted by atomic mass is 35.5. The molecule has 1 fully saturated rings. The van der Waals surface area contributed by atoms with Crippen LogP contribution in [0.3, 0.4) is 0 Å². The molecule has 1 aliphatic heterocycles. The van der Waals surface area contributed by atoms with E-state index in [-0.39, 0.29) is 36.4 Å². The first kappa shape index (κ1) is 18.6. The molecule has 2 atom stereocenters. The van der Waals surface area contributed by atoms with Gasteiger partial charge < -0.3 is 19.5 Å². The summed E-state index contributed by atoms with van der Waals surface area (Å²) in [5, 5.41) is 3.20. The van der Waals surface area contributed by atoms with Crippen LogP contribution in [0.1, 0.15) is 31.7 Å². The third-order valence-corrected chi connectivity index (χ3v) is 3.64. The van der Waals surface area contributed by atoms with Crippen LogP contribution in [0.5, 0.6) is 11.5 Å². The lowest BCUT2D eigenvalue weighted by atomic mass is 9.96. The van der Waals surface area contributed by atoms with Gasteiger partial charge in [-0.2, -0.15) is 0 Å². The fraction of sp³-hybridized carbons (Fsp3) is 0.562. The fourth-order valence-corrected chi connectivity index (χ4v) is 2.60. The second kappa shape index (κ2) is 8.25. The average molecular weight is 330 g/mol. The molecule has 1 saturated heterocycles. The molecule has 2 rings (SSSR count). The predicted molar refractivity (Wildman–Crippen MR) is 87.2 cm³/mol. The van der Waals surface area contributed by atoms with E-state index < -0.39 is 0 Å². The topological polar surface area (TPSA) is 56.8 Å². The second-order valence-corrected chi connectivity index (χ2v) is 5.49. The molecule has 0 bridgehead atoms. The molecule has 1 aliphatic rings. The minimum absolute atomic E-state index is 0. The van der Waals surface area contributed by atoms with Crippen molar-refractivity contribution in [1.82, 2.24) is 5.32 Å². The summed E-state index contributed by atoms with van der Waals surface area (Å²) in [6.07, 6.45) is 0.818.